The van der Waals surface area contributed by atoms with Gasteiger partial charge in [-0.05, 0) is 29.3 Å². The lowest BCUT2D eigenvalue weighted by Crippen LogP contribution is -2.25. The van der Waals surface area contributed by atoms with Crippen molar-refractivity contribution in [3.8, 4) is 5.75 Å². The molecular formula is C28H27NO4. The number of ether oxygens (including phenoxy) is 2. The van der Waals surface area contributed by atoms with Gasteiger partial charge in [-0.15, -0.1) is 0 Å². The fraction of sp³-hybridized carbons (Fsp3) is 0.214. The van der Waals surface area contributed by atoms with Crippen LogP contribution in [0.2, 0.25) is 0 Å². The molecule has 1 aliphatic heterocycles. The van der Waals surface area contributed by atoms with Crippen LogP contribution in [0.1, 0.15) is 35.3 Å². The number of likely N-dealkylation sites (N-methyl/N-ethyl adjacent to an activating group) is 1. The number of hydrogen-bond donors (Lipinski definition) is 0. The Labute approximate surface area is 194 Å². The molecular weight excluding hydrogens is 414 g/mol. The summed E-state index contributed by atoms with van der Waals surface area (Å²) in [5.41, 5.74) is 4.07. The van der Waals surface area contributed by atoms with Crippen LogP contribution in [0, 0.1) is 0 Å². The van der Waals surface area contributed by atoms with E-state index < -0.39 is 5.97 Å². The second-order valence-corrected chi connectivity index (χ2v) is 8.54. The van der Waals surface area contributed by atoms with Gasteiger partial charge in [-0.25, -0.2) is 4.79 Å². The van der Waals surface area contributed by atoms with Crippen molar-refractivity contribution in [3.63, 3.8) is 0 Å². The highest BCUT2D eigenvalue weighted by Crippen LogP contribution is 2.46. The van der Waals surface area contributed by atoms with Crippen LogP contribution in [-0.2, 0) is 21.6 Å². The smallest absolute Gasteiger partial charge is 0.342 e. The first-order valence-corrected chi connectivity index (χ1v) is 10.9. The summed E-state index contributed by atoms with van der Waals surface area (Å²) in [6.07, 6.45) is 1.57. The minimum Gasteiger partial charge on any atom is -0.488 e. The van der Waals surface area contributed by atoms with Gasteiger partial charge in [-0.3, -0.25) is 4.79 Å². The molecule has 0 saturated carbocycles. The SMILES string of the molecule is CN1C(=CC(=O)COC(=O)c2ccccc2OCc2ccccc2)C(C)(C)c2ccccc21. The molecule has 0 atom stereocenters. The van der Waals surface area contributed by atoms with E-state index in [-0.39, 0.29) is 17.8 Å². The molecule has 1 aliphatic rings. The highest BCUT2D eigenvalue weighted by Gasteiger charge is 2.38. The molecule has 0 amide bonds. The Kier molecular flexibility index (Phi) is 6.31. The number of ketones is 1. The summed E-state index contributed by atoms with van der Waals surface area (Å²) in [7, 11) is 1.94. The molecule has 4 rings (SSSR count). The van der Waals surface area contributed by atoms with E-state index in [4.69, 9.17) is 9.47 Å². The van der Waals surface area contributed by atoms with Crippen LogP contribution in [-0.4, -0.2) is 25.4 Å². The van der Waals surface area contributed by atoms with Crippen molar-refractivity contribution in [3.05, 3.63) is 107 Å². The van der Waals surface area contributed by atoms with Crippen LogP contribution in [0.25, 0.3) is 0 Å². The topological polar surface area (TPSA) is 55.8 Å². The number of anilines is 1. The molecule has 3 aromatic carbocycles. The second kappa shape index (κ2) is 9.33. The van der Waals surface area contributed by atoms with Crippen molar-refractivity contribution in [2.45, 2.75) is 25.9 Å². The summed E-state index contributed by atoms with van der Waals surface area (Å²) in [5.74, 6) is -0.439. The minimum absolute atomic E-state index is 0.270. The Balaban J connectivity index is 1.42. The first-order chi connectivity index (χ1) is 15.9. The predicted octanol–water partition coefficient (Wildman–Crippen LogP) is 5.30. The number of hydrogen-bond acceptors (Lipinski definition) is 5. The normalized spacial score (nSPS) is 15.2. The van der Waals surface area contributed by atoms with Crippen molar-refractivity contribution in [2.75, 3.05) is 18.6 Å². The molecule has 3 aromatic rings. The van der Waals surface area contributed by atoms with Gasteiger partial charge >= 0.3 is 5.97 Å². The highest BCUT2D eigenvalue weighted by molar-refractivity contribution is 5.97. The average Bonchev–Trinajstić information content (AvgIpc) is 3.03. The van der Waals surface area contributed by atoms with Crippen molar-refractivity contribution in [1.82, 2.24) is 0 Å². The van der Waals surface area contributed by atoms with Gasteiger partial charge in [-0.2, -0.15) is 0 Å². The third kappa shape index (κ3) is 4.67. The predicted molar refractivity (Wildman–Crippen MR) is 128 cm³/mol. The van der Waals surface area contributed by atoms with E-state index in [2.05, 4.69) is 19.9 Å². The maximum Gasteiger partial charge on any atom is 0.342 e. The Morgan fingerprint density at radius 3 is 2.33 bits per heavy atom. The van der Waals surface area contributed by atoms with Crippen LogP contribution in [0.4, 0.5) is 5.69 Å². The van der Waals surface area contributed by atoms with Gasteiger partial charge in [0, 0.05) is 29.9 Å². The van der Waals surface area contributed by atoms with Gasteiger partial charge in [-0.1, -0.05) is 74.5 Å². The maximum absolute atomic E-state index is 12.7. The third-order valence-corrected chi connectivity index (χ3v) is 5.93. The van der Waals surface area contributed by atoms with E-state index in [0.717, 1.165) is 22.5 Å². The van der Waals surface area contributed by atoms with Gasteiger partial charge in [0.2, 0.25) is 0 Å². The molecule has 0 radical (unpaired) electrons. The fourth-order valence-electron chi connectivity index (χ4n) is 4.16. The quantitative estimate of drug-likeness (QED) is 0.368. The molecule has 0 aromatic heterocycles. The highest BCUT2D eigenvalue weighted by atomic mass is 16.5. The number of carbonyl (C=O) groups excluding carboxylic acids is 2. The summed E-state index contributed by atoms with van der Waals surface area (Å²) in [4.78, 5) is 27.4. The lowest BCUT2D eigenvalue weighted by molar-refractivity contribution is -0.117. The maximum atomic E-state index is 12.7. The summed E-state index contributed by atoms with van der Waals surface area (Å²) < 4.78 is 11.2. The van der Waals surface area contributed by atoms with Crippen LogP contribution in [0.15, 0.2) is 90.6 Å². The molecule has 0 spiro atoms. The van der Waals surface area contributed by atoms with Crippen LogP contribution < -0.4 is 9.64 Å². The van der Waals surface area contributed by atoms with Crippen molar-refractivity contribution < 1.29 is 19.1 Å². The van der Waals surface area contributed by atoms with Crippen molar-refractivity contribution in [1.29, 1.82) is 0 Å². The number of para-hydroxylation sites is 2. The van der Waals surface area contributed by atoms with Gasteiger partial charge in [0.05, 0.1) is 0 Å². The number of allylic oxidation sites excluding steroid dienone is 1. The van der Waals surface area contributed by atoms with Crippen molar-refractivity contribution >= 4 is 17.4 Å². The average molecular weight is 442 g/mol. The number of esters is 1. The fourth-order valence-corrected chi connectivity index (χ4v) is 4.16. The zero-order chi connectivity index (χ0) is 23.4. The zero-order valence-electron chi connectivity index (χ0n) is 19.1. The Morgan fingerprint density at radius 1 is 0.909 bits per heavy atom. The molecule has 0 aliphatic carbocycles. The first-order valence-electron chi connectivity index (χ1n) is 10.9. The third-order valence-electron chi connectivity index (χ3n) is 5.93. The summed E-state index contributed by atoms with van der Waals surface area (Å²) >= 11 is 0. The number of fused-ring (bicyclic) bond motifs is 1. The van der Waals surface area contributed by atoms with E-state index in [9.17, 15) is 9.59 Å². The molecule has 33 heavy (non-hydrogen) atoms. The molecule has 0 fully saturated rings. The van der Waals surface area contributed by atoms with Gasteiger partial charge in [0.15, 0.2) is 12.4 Å². The van der Waals surface area contributed by atoms with Crippen molar-refractivity contribution in [2.24, 2.45) is 0 Å². The second-order valence-electron chi connectivity index (χ2n) is 8.54. The number of benzene rings is 3. The monoisotopic (exact) mass is 441 g/mol. The van der Waals surface area contributed by atoms with Gasteiger partial charge in [0.25, 0.3) is 0 Å². The first kappa shape index (κ1) is 22.3. The van der Waals surface area contributed by atoms with E-state index in [1.165, 1.54) is 0 Å². The summed E-state index contributed by atoms with van der Waals surface area (Å²) in [5, 5.41) is 0. The summed E-state index contributed by atoms with van der Waals surface area (Å²) in [6.45, 7) is 4.16. The van der Waals surface area contributed by atoms with Crippen LogP contribution in [0.5, 0.6) is 5.75 Å². The number of carbonyl (C=O) groups is 2. The standard InChI is InChI=1S/C28H27NO4/c1-28(2)23-14-8-9-15-24(23)29(3)26(28)17-21(30)19-33-27(31)22-13-7-10-16-25(22)32-18-20-11-5-4-6-12-20/h4-17H,18-19H2,1-3H3. The minimum atomic E-state index is -0.590. The van der Waals surface area contributed by atoms with E-state index in [1.54, 1.807) is 30.3 Å². The molecule has 0 N–H and O–H groups in total. The Bertz CT molecular complexity index is 1200. The zero-order valence-corrected chi connectivity index (χ0v) is 19.1. The van der Waals surface area contributed by atoms with Crippen LogP contribution in [0.3, 0.4) is 0 Å². The lowest BCUT2D eigenvalue weighted by Gasteiger charge is -2.23. The molecule has 5 heteroatoms. The Hall–Kier alpha value is -3.86. The largest absolute Gasteiger partial charge is 0.488 e. The van der Waals surface area contributed by atoms with E-state index in [1.807, 2.05) is 60.5 Å². The van der Waals surface area contributed by atoms with E-state index in [0.29, 0.717) is 17.9 Å². The summed E-state index contributed by atoms with van der Waals surface area (Å²) in [6, 6.07) is 24.7. The van der Waals surface area contributed by atoms with Gasteiger partial charge in [0.1, 0.15) is 17.9 Å². The van der Waals surface area contributed by atoms with Crippen LogP contribution >= 0.6 is 0 Å². The van der Waals surface area contributed by atoms with Gasteiger partial charge < -0.3 is 14.4 Å². The van der Waals surface area contributed by atoms with E-state index >= 15 is 0 Å². The lowest BCUT2D eigenvalue weighted by atomic mass is 9.83. The number of nitrogens with zero attached hydrogens (tertiary/aromatic N) is 1. The molecule has 0 unspecified atom stereocenters. The molecule has 168 valence electrons. The molecule has 0 bridgehead atoms. The number of rotatable bonds is 7. The molecule has 5 nitrogen and oxygen atoms in total. The Morgan fingerprint density at radius 2 is 1.58 bits per heavy atom. The molecule has 0 saturated heterocycles. The molecule has 1 heterocycles.